The highest BCUT2D eigenvalue weighted by Crippen LogP contribution is 1.97. The lowest BCUT2D eigenvalue weighted by atomic mass is 10.2. The third-order valence-corrected chi connectivity index (χ3v) is 1.49. The Bertz CT molecular complexity index is 125. The highest BCUT2D eigenvalue weighted by molar-refractivity contribution is 5.66. The first-order valence-electron chi connectivity index (χ1n) is 7.02. The number of aliphatic carboxylic acids is 1. The topological polar surface area (TPSA) is 49.3 Å². The van der Waals surface area contributed by atoms with Crippen LogP contribution < -0.4 is 5.32 Å². The zero-order valence-corrected chi connectivity index (χ0v) is 12.5. The van der Waals surface area contributed by atoms with E-state index >= 15 is 0 Å². The number of hydrogen-bond acceptors (Lipinski definition) is 2. The van der Waals surface area contributed by atoms with Crippen molar-refractivity contribution in [1.82, 2.24) is 5.32 Å². The molecule has 17 heavy (non-hydrogen) atoms. The first kappa shape index (κ1) is 21.7. The van der Waals surface area contributed by atoms with E-state index in [0.29, 0.717) is 6.42 Å². The molecule has 0 rings (SSSR count). The van der Waals surface area contributed by atoms with Crippen LogP contribution in [0.4, 0.5) is 0 Å². The Morgan fingerprint density at radius 2 is 1.41 bits per heavy atom. The zero-order chi connectivity index (χ0) is 13.9. The molecule has 0 saturated heterocycles. The number of unbranched alkanes of at least 4 members (excludes halogenated alkanes) is 2. The number of hydrogen-bond donors (Lipinski definition) is 2. The van der Waals surface area contributed by atoms with Crippen molar-refractivity contribution in [2.24, 2.45) is 0 Å². The average Bonchev–Trinajstić information content (AvgIpc) is 2.25. The van der Waals surface area contributed by atoms with Gasteiger partial charge in [0.2, 0.25) is 0 Å². The average molecular weight is 247 g/mol. The fourth-order valence-corrected chi connectivity index (χ4v) is 0.880. The number of rotatable bonds is 7. The predicted molar refractivity (Wildman–Crippen MR) is 76.6 cm³/mol. The van der Waals surface area contributed by atoms with Gasteiger partial charge in [-0.1, -0.05) is 53.9 Å². The minimum atomic E-state index is -0.687. The van der Waals surface area contributed by atoms with Gasteiger partial charge in [-0.15, -0.1) is 0 Å². The maximum Gasteiger partial charge on any atom is 0.303 e. The van der Waals surface area contributed by atoms with E-state index in [1.54, 1.807) is 0 Å². The summed E-state index contributed by atoms with van der Waals surface area (Å²) < 4.78 is 0. The van der Waals surface area contributed by atoms with Crippen molar-refractivity contribution in [1.29, 1.82) is 0 Å². The predicted octanol–water partition coefficient (Wildman–Crippen LogP) is 4.07. The molecule has 0 unspecified atom stereocenters. The maximum atomic E-state index is 10.1. The van der Waals surface area contributed by atoms with Gasteiger partial charge in [0.05, 0.1) is 0 Å². The molecule has 106 valence electrons. The van der Waals surface area contributed by atoms with Crippen molar-refractivity contribution < 1.29 is 9.90 Å². The van der Waals surface area contributed by atoms with Crippen LogP contribution in [-0.4, -0.2) is 24.2 Å². The quantitative estimate of drug-likeness (QED) is 0.667. The Hall–Kier alpha value is -0.570. The third kappa shape index (κ3) is 50.4. The summed E-state index contributed by atoms with van der Waals surface area (Å²) in [5.41, 5.74) is 0. The fraction of sp³-hybridized carbons (Fsp3) is 0.929. The fourth-order valence-electron chi connectivity index (χ4n) is 0.880. The maximum absolute atomic E-state index is 10.1. The minimum Gasteiger partial charge on any atom is -0.481 e. The molecule has 3 heteroatoms. The van der Waals surface area contributed by atoms with Crippen molar-refractivity contribution in [2.45, 2.75) is 73.1 Å². The molecular weight excluding hydrogens is 214 g/mol. The summed E-state index contributed by atoms with van der Waals surface area (Å²) in [6.07, 6.45) is 5.72. The van der Waals surface area contributed by atoms with E-state index < -0.39 is 5.97 Å². The van der Waals surface area contributed by atoms with Crippen LogP contribution in [0, 0.1) is 0 Å². The number of nitrogens with one attached hydrogen (secondary N) is 1. The summed E-state index contributed by atoms with van der Waals surface area (Å²) in [5.74, 6) is -0.687. The number of carboxylic acid groups (broad SMARTS) is 1. The van der Waals surface area contributed by atoms with Gasteiger partial charge in [0.25, 0.3) is 0 Å². The summed E-state index contributed by atoms with van der Waals surface area (Å²) in [6, 6.07) is 0. The van der Waals surface area contributed by atoms with Crippen LogP contribution >= 0.6 is 0 Å². The van der Waals surface area contributed by atoms with E-state index in [9.17, 15) is 4.79 Å². The molecular formula is C14H33NO2. The molecule has 0 atom stereocenters. The Morgan fingerprint density at radius 1 is 0.941 bits per heavy atom. The van der Waals surface area contributed by atoms with Crippen molar-refractivity contribution in [3.63, 3.8) is 0 Å². The first-order valence-corrected chi connectivity index (χ1v) is 7.02. The second-order valence-electron chi connectivity index (χ2n) is 3.97. The highest BCUT2D eigenvalue weighted by atomic mass is 16.4. The molecule has 0 spiro atoms. The van der Waals surface area contributed by atoms with E-state index in [2.05, 4.69) is 39.9 Å². The Morgan fingerprint density at radius 3 is 1.76 bits per heavy atom. The third-order valence-electron chi connectivity index (χ3n) is 1.49. The second-order valence-corrected chi connectivity index (χ2v) is 3.97. The van der Waals surface area contributed by atoms with Crippen LogP contribution in [0.2, 0.25) is 0 Å². The van der Waals surface area contributed by atoms with E-state index in [4.69, 9.17) is 5.11 Å². The lowest BCUT2D eigenvalue weighted by molar-refractivity contribution is -0.137. The lowest BCUT2D eigenvalue weighted by Crippen LogP contribution is -2.13. The molecule has 0 aromatic heterocycles. The van der Waals surface area contributed by atoms with Crippen LogP contribution in [0.5, 0.6) is 0 Å². The summed E-state index contributed by atoms with van der Waals surface area (Å²) >= 11 is 0. The molecule has 0 amide bonds. The van der Waals surface area contributed by atoms with Gasteiger partial charge in [-0.05, 0) is 25.9 Å². The van der Waals surface area contributed by atoms with Gasteiger partial charge < -0.3 is 10.4 Å². The van der Waals surface area contributed by atoms with Gasteiger partial charge in [-0.3, -0.25) is 4.79 Å². The van der Waals surface area contributed by atoms with Crippen LogP contribution in [0.25, 0.3) is 0 Å². The molecule has 0 aliphatic rings. The smallest absolute Gasteiger partial charge is 0.303 e. The van der Waals surface area contributed by atoms with Crippen LogP contribution in [-0.2, 0) is 4.79 Å². The van der Waals surface area contributed by atoms with Gasteiger partial charge >= 0.3 is 5.97 Å². The largest absolute Gasteiger partial charge is 0.481 e. The van der Waals surface area contributed by atoms with E-state index in [1.165, 1.54) is 12.8 Å². The van der Waals surface area contributed by atoms with Crippen LogP contribution in [0.1, 0.15) is 73.1 Å². The van der Waals surface area contributed by atoms with Crippen LogP contribution in [0.15, 0.2) is 0 Å². The first-order chi connectivity index (χ1) is 8.10. The molecule has 0 heterocycles. The minimum absolute atomic E-state index is 0.312. The van der Waals surface area contributed by atoms with Crippen molar-refractivity contribution in [3.05, 3.63) is 0 Å². The van der Waals surface area contributed by atoms with Crippen molar-refractivity contribution in [3.8, 4) is 0 Å². The molecule has 0 aliphatic heterocycles. The van der Waals surface area contributed by atoms with Gasteiger partial charge in [0.15, 0.2) is 0 Å². The standard InChI is InChI=1S/C8H17NO2.2C3H8/c1-2-9-7-5-3-4-6-8(10)11;2*1-3-2/h9H,2-7H2,1H3,(H,10,11);2*3H2,1-2H3. The summed E-state index contributed by atoms with van der Waals surface area (Å²) in [5, 5.41) is 11.5. The zero-order valence-electron chi connectivity index (χ0n) is 12.5. The molecule has 0 saturated carbocycles. The molecule has 0 radical (unpaired) electrons. The summed E-state index contributed by atoms with van der Waals surface area (Å²) in [4.78, 5) is 10.1. The van der Waals surface area contributed by atoms with Gasteiger partial charge in [0, 0.05) is 6.42 Å². The monoisotopic (exact) mass is 247 g/mol. The van der Waals surface area contributed by atoms with E-state index in [-0.39, 0.29) is 0 Å². The van der Waals surface area contributed by atoms with E-state index in [0.717, 1.165) is 32.4 Å². The molecule has 0 bridgehead atoms. The number of carbonyl (C=O) groups is 1. The summed E-state index contributed by atoms with van der Waals surface area (Å²) in [7, 11) is 0. The van der Waals surface area contributed by atoms with Gasteiger partial charge in [-0.25, -0.2) is 0 Å². The lowest BCUT2D eigenvalue weighted by Gasteiger charge is -1.99. The molecule has 0 aromatic rings. The van der Waals surface area contributed by atoms with Crippen molar-refractivity contribution in [2.75, 3.05) is 13.1 Å². The molecule has 0 aliphatic carbocycles. The highest BCUT2D eigenvalue weighted by Gasteiger charge is 1.94. The van der Waals surface area contributed by atoms with Crippen molar-refractivity contribution >= 4 is 5.97 Å². The van der Waals surface area contributed by atoms with Crippen LogP contribution in [0.3, 0.4) is 0 Å². The molecule has 2 N–H and O–H groups in total. The molecule has 0 aromatic carbocycles. The second kappa shape index (κ2) is 24.6. The summed E-state index contributed by atoms with van der Waals surface area (Å²) in [6.45, 7) is 12.6. The Balaban J connectivity index is -0.000000273. The number of carboxylic acids is 1. The van der Waals surface area contributed by atoms with E-state index in [1.807, 2.05) is 0 Å². The Kier molecular flexibility index (Phi) is 31.4. The molecule has 0 fully saturated rings. The SMILES string of the molecule is CCC.CCC.CCNCCCCCC(=O)O. The Labute approximate surface area is 108 Å². The normalized spacial score (nSPS) is 8.53. The van der Waals surface area contributed by atoms with Gasteiger partial charge in [0.1, 0.15) is 0 Å². The van der Waals surface area contributed by atoms with Gasteiger partial charge in [-0.2, -0.15) is 0 Å². The molecule has 3 nitrogen and oxygen atoms in total.